The fraction of sp³-hybridized carbons (Fsp3) is 1.00. The smallest absolute Gasteiger partial charge is 0.393 e. The van der Waals surface area contributed by atoms with Gasteiger partial charge in [0, 0.05) is 0 Å². The zero-order valence-electron chi connectivity index (χ0n) is 15.4. The van der Waals surface area contributed by atoms with Crippen LogP contribution in [0.4, 0.5) is 0 Å². The second kappa shape index (κ2) is 5.91. The molecule has 6 heteroatoms. The second-order valence-corrected chi connectivity index (χ2v) is 10.8. The van der Waals surface area contributed by atoms with Crippen LogP contribution in [0.2, 0.25) is 0 Å². The van der Waals surface area contributed by atoms with Gasteiger partial charge in [0.2, 0.25) is 0 Å². The van der Waals surface area contributed by atoms with Crippen LogP contribution in [0.25, 0.3) is 0 Å². The van der Waals surface area contributed by atoms with Crippen molar-refractivity contribution in [3.8, 4) is 0 Å². The highest BCUT2D eigenvalue weighted by atomic mass is 32.3. The number of fused-ring (bicyclic) bond motifs is 5. The maximum atomic E-state index is 11.3. The standard InChI is InChI=1S/C19H32O5S/c1-18-9-7-13(20)11-12(18)3-4-14-15-5-6-17(24-25(21,22)23)19(15,2)10-8-16(14)18/h12-17,20H,3-11H2,1-2H3,(H,21,22,23). The van der Waals surface area contributed by atoms with Crippen LogP contribution in [0.15, 0.2) is 0 Å². The van der Waals surface area contributed by atoms with E-state index in [1.807, 2.05) is 0 Å². The summed E-state index contributed by atoms with van der Waals surface area (Å²) in [4.78, 5) is 0. The minimum atomic E-state index is -4.39. The minimum Gasteiger partial charge on any atom is -0.393 e. The Bertz CT molecular complexity index is 634. The normalized spacial score (nSPS) is 53.0. The molecule has 0 amide bonds. The third kappa shape index (κ3) is 2.88. The topological polar surface area (TPSA) is 83.8 Å². The first-order valence-corrected chi connectivity index (χ1v) is 11.3. The van der Waals surface area contributed by atoms with Gasteiger partial charge in [0.15, 0.2) is 0 Å². The van der Waals surface area contributed by atoms with E-state index in [2.05, 4.69) is 13.8 Å². The lowest BCUT2D eigenvalue weighted by atomic mass is 9.45. The summed E-state index contributed by atoms with van der Waals surface area (Å²) in [5.41, 5.74) is 0.180. The Labute approximate surface area is 151 Å². The zero-order chi connectivity index (χ0) is 18.0. The molecule has 0 saturated heterocycles. The van der Waals surface area contributed by atoms with Crippen LogP contribution in [-0.2, 0) is 14.6 Å². The van der Waals surface area contributed by atoms with Crippen molar-refractivity contribution in [2.24, 2.45) is 34.5 Å². The van der Waals surface area contributed by atoms with E-state index >= 15 is 0 Å². The molecule has 4 aliphatic carbocycles. The lowest BCUT2D eigenvalue weighted by Crippen LogP contribution is -2.54. The lowest BCUT2D eigenvalue weighted by molar-refractivity contribution is -0.131. The van der Waals surface area contributed by atoms with E-state index in [1.165, 1.54) is 12.8 Å². The summed E-state index contributed by atoms with van der Waals surface area (Å²) >= 11 is 0. The Kier molecular flexibility index (Phi) is 4.31. The average molecular weight is 373 g/mol. The predicted molar refractivity (Wildman–Crippen MR) is 94.2 cm³/mol. The van der Waals surface area contributed by atoms with Gasteiger partial charge in [-0.3, -0.25) is 4.55 Å². The van der Waals surface area contributed by atoms with E-state index in [9.17, 15) is 13.5 Å². The third-order valence-corrected chi connectivity index (χ3v) is 9.26. The Morgan fingerprint density at radius 1 is 0.920 bits per heavy atom. The minimum absolute atomic E-state index is 0.123. The molecular weight excluding hydrogens is 340 g/mol. The van der Waals surface area contributed by atoms with Crippen LogP contribution in [0.3, 0.4) is 0 Å². The first-order chi connectivity index (χ1) is 11.6. The maximum Gasteiger partial charge on any atom is 0.397 e. The molecule has 0 spiro atoms. The largest absolute Gasteiger partial charge is 0.397 e. The van der Waals surface area contributed by atoms with Crippen molar-refractivity contribution < 1.29 is 22.3 Å². The van der Waals surface area contributed by atoms with Crippen molar-refractivity contribution in [2.45, 2.75) is 83.8 Å². The summed E-state index contributed by atoms with van der Waals surface area (Å²) in [6.45, 7) is 4.62. The molecule has 0 bridgehead atoms. The molecule has 0 heterocycles. The molecule has 8 atom stereocenters. The van der Waals surface area contributed by atoms with Gasteiger partial charge in [-0.25, -0.2) is 4.18 Å². The monoisotopic (exact) mass is 372 g/mol. The molecule has 4 aliphatic rings. The van der Waals surface area contributed by atoms with Gasteiger partial charge in [0.25, 0.3) is 0 Å². The fourth-order valence-corrected chi connectivity index (χ4v) is 8.10. The molecular formula is C19H32O5S. The quantitative estimate of drug-likeness (QED) is 0.724. The van der Waals surface area contributed by atoms with E-state index in [4.69, 9.17) is 8.74 Å². The summed E-state index contributed by atoms with van der Waals surface area (Å²) in [5.74, 6) is 2.43. The van der Waals surface area contributed by atoms with Crippen LogP contribution in [-0.4, -0.2) is 30.3 Å². The molecule has 144 valence electrons. The Hall–Kier alpha value is -0.170. The summed E-state index contributed by atoms with van der Waals surface area (Å²) in [6, 6.07) is 0. The molecule has 8 unspecified atom stereocenters. The third-order valence-electron chi connectivity index (χ3n) is 8.79. The van der Waals surface area contributed by atoms with E-state index in [0.717, 1.165) is 44.9 Å². The first kappa shape index (κ1) is 18.2. The molecule has 0 aliphatic heterocycles. The SMILES string of the molecule is CC12CCC(O)CC1CCC1C2CCC2(C)C(OS(=O)(=O)O)CCC12. The Balaban J connectivity index is 1.58. The highest BCUT2D eigenvalue weighted by molar-refractivity contribution is 7.80. The van der Waals surface area contributed by atoms with Gasteiger partial charge in [0.05, 0.1) is 12.2 Å². The van der Waals surface area contributed by atoms with Crippen molar-refractivity contribution in [2.75, 3.05) is 0 Å². The number of hydrogen-bond donors (Lipinski definition) is 2. The van der Waals surface area contributed by atoms with Gasteiger partial charge in [-0.1, -0.05) is 13.8 Å². The molecule has 0 aromatic carbocycles. The van der Waals surface area contributed by atoms with Gasteiger partial charge < -0.3 is 5.11 Å². The van der Waals surface area contributed by atoms with Crippen LogP contribution >= 0.6 is 0 Å². The van der Waals surface area contributed by atoms with Gasteiger partial charge in [-0.05, 0) is 92.3 Å². The van der Waals surface area contributed by atoms with Gasteiger partial charge in [0.1, 0.15) is 0 Å². The molecule has 4 fully saturated rings. The van der Waals surface area contributed by atoms with Crippen molar-refractivity contribution in [3.63, 3.8) is 0 Å². The van der Waals surface area contributed by atoms with Crippen LogP contribution < -0.4 is 0 Å². The lowest BCUT2D eigenvalue weighted by Gasteiger charge is -2.60. The number of hydrogen-bond acceptors (Lipinski definition) is 4. The second-order valence-electron chi connectivity index (χ2n) is 9.72. The molecule has 0 radical (unpaired) electrons. The Morgan fingerprint density at radius 2 is 1.60 bits per heavy atom. The molecule has 4 saturated carbocycles. The molecule has 0 aromatic heterocycles. The summed E-state index contributed by atoms with van der Waals surface area (Å²) in [5, 5.41) is 10.1. The van der Waals surface area contributed by atoms with E-state index in [1.54, 1.807) is 0 Å². The summed E-state index contributed by atoms with van der Waals surface area (Å²) < 4.78 is 36.8. The Morgan fingerprint density at radius 3 is 2.32 bits per heavy atom. The summed E-state index contributed by atoms with van der Waals surface area (Å²) in [7, 11) is -4.39. The van der Waals surface area contributed by atoms with Crippen molar-refractivity contribution in [1.82, 2.24) is 0 Å². The van der Waals surface area contributed by atoms with Crippen LogP contribution in [0.1, 0.15) is 71.6 Å². The highest BCUT2D eigenvalue weighted by Gasteiger charge is 2.61. The van der Waals surface area contributed by atoms with Crippen LogP contribution in [0, 0.1) is 34.5 Å². The molecule has 0 aromatic rings. The molecule has 25 heavy (non-hydrogen) atoms. The van der Waals surface area contributed by atoms with Crippen molar-refractivity contribution in [1.29, 1.82) is 0 Å². The molecule has 4 rings (SSSR count). The fourth-order valence-electron chi connectivity index (χ4n) is 7.49. The van der Waals surface area contributed by atoms with Crippen LogP contribution in [0.5, 0.6) is 0 Å². The first-order valence-electron chi connectivity index (χ1n) is 9.97. The van der Waals surface area contributed by atoms with E-state index < -0.39 is 10.4 Å². The van der Waals surface area contributed by atoms with Gasteiger partial charge in [-0.15, -0.1) is 0 Å². The highest BCUT2D eigenvalue weighted by Crippen LogP contribution is 2.66. The van der Waals surface area contributed by atoms with Gasteiger partial charge in [-0.2, -0.15) is 8.42 Å². The average Bonchev–Trinajstić information content (AvgIpc) is 2.83. The summed E-state index contributed by atoms with van der Waals surface area (Å²) in [6.07, 6.45) is 8.69. The maximum absolute atomic E-state index is 11.3. The number of aliphatic hydroxyl groups is 1. The van der Waals surface area contributed by atoms with Crippen molar-refractivity contribution in [3.05, 3.63) is 0 Å². The predicted octanol–water partition coefficient (Wildman–Crippen LogP) is 3.58. The van der Waals surface area contributed by atoms with Crippen molar-refractivity contribution >= 4 is 10.4 Å². The van der Waals surface area contributed by atoms with Gasteiger partial charge >= 0.3 is 10.4 Å². The van der Waals surface area contributed by atoms with E-state index in [-0.39, 0.29) is 17.6 Å². The molecule has 5 nitrogen and oxygen atoms in total. The van der Waals surface area contributed by atoms with E-state index in [0.29, 0.717) is 29.1 Å². The number of rotatable bonds is 2. The number of aliphatic hydroxyl groups excluding tert-OH is 1. The zero-order valence-corrected chi connectivity index (χ0v) is 16.2. The molecule has 2 N–H and O–H groups in total.